The van der Waals surface area contributed by atoms with Crippen LogP contribution in [0.15, 0.2) is 12.2 Å². The first-order chi connectivity index (χ1) is 6.49. The van der Waals surface area contributed by atoms with E-state index in [0.29, 0.717) is 17.0 Å². The number of hydrogen-bond acceptors (Lipinski definition) is 2. The van der Waals surface area contributed by atoms with Crippen molar-refractivity contribution in [2.24, 2.45) is 0 Å². The molecule has 0 heterocycles. The monoisotopic (exact) mass is 390 g/mol. The summed E-state index contributed by atoms with van der Waals surface area (Å²) in [6.45, 7) is 5.50. The van der Waals surface area contributed by atoms with Crippen LogP contribution in [-0.4, -0.2) is 27.6 Å². The molecule has 0 N–H and O–H groups in total. The SMILES string of the molecule is C=C(C)C(=O)OCC(Br)C(Br)CCBr. The molecule has 0 aliphatic heterocycles. The van der Waals surface area contributed by atoms with Crippen LogP contribution < -0.4 is 0 Å². The predicted octanol–water partition coefficient (Wildman–Crippen LogP) is 3.42. The van der Waals surface area contributed by atoms with Gasteiger partial charge in [0.05, 0.1) is 4.83 Å². The maximum absolute atomic E-state index is 11.1. The number of hydrogen-bond donors (Lipinski definition) is 0. The zero-order chi connectivity index (χ0) is 11.1. The van der Waals surface area contributed by atoms with Crippen LogP contribution in [0.2, 0.25) is 0 Å². The molecular weight excluding hydrogens is 380 g/mol. The summed E-state index contributed by atoms with van der Waals surface area (Å²) in [7, 11) is 0. The van der Waals surface area contributed by atoms with Gasteiger partial charge in [-0.2, -0.15) is 0 Å². The van der Waals surface area contributed by atoms with Crippen LogP contribution >= 0.6 is 47.8 Å². The van der Waals surface area contributed by atoms with Gasteiger partial charge in [0.15, 0.2) is 0 Å². The number of carbonyl (C=O) groups excluding carboxylic acids is 1. The summed E-state index contributed by atoms with van der Waals surface area (Å²) < 4.78 is 5.00. The van der Waals surface area contributed by atoms with Gasteiger partial charge in [0, 0.05) is 15.7 Å². The minimum absolute atomic E-state index is 0.128. The van der Waals surface area contributed by atoms with Crippen molar-refractivity contribution in [1.29, 1.82) is 0 Å². The molecule has 2 nitrogen and oxygen atoms in total. The number of esters is 1. The lowest BCUT2D eigenvalue weighted by molar-refractivity contribution is -0.138. The van der Waals surface area contributed by atoms with Gasteiger partial charge in [0.1, 0.15) is 6.61 Å². The summed E-state index contributed by atoms with van der Waals surface area (Å²) in [6.07, 6.45) is 0.973. The topological polar surface area (TPSA) is 26.3 Å². The van der Waals surface area contributed by atoms with Crippen molar-refractivity contribution >= 4 is 53.8 Å². The van der Waals surface area contributed by atoms with Crippen LogP contribution in [-0.2, 0) is 9.53 Å². The molecule has 0 aliphatic rings. The van der Waals surface area contributed by atoms with Gasteiger partial charge in [-0.25, -0.2) is 4.79 Å². The molecule has 2 atom stereocenters. The van der Waals surface area contributed by atoms with Gasteiger partial charge < -0.3 is 4.74 Å². The first-order valence-electron chi connectivity index (χ1n) is 4.15. The molecule has 0 amide bonds. The fourth-order valence-electron chi connectivity index (χ4n) is 0.668. The molecule has 0 spiro atoms. The summed E-state index contributed by atoms with van der Waals surface area (Å²) in [6, 6.07) is 0. The summed E-state index contributed by atoms with van der Waals surface area (Å²) in [5, 5.41) is 0.916. The fourth-order valence-corrected chi connectivity index (χ4v) is 2.55. The molecular formula is C9H13Br3O2. The maximum atomic E-state index is 11.1. The van der Waals surface area contributed by atoms with E-state index in [1.807, 2.05) is 0 Å². The molecule has 0 bridgehead atoms. The second-order valence-corrected chi connectivity index (χ2v) is 6.03. The molecule has 0 aromatic heterocycles. The van der Waals surface area contributed by atoms with Crippen molar-refractivity contribution < 1.29 is 9.53 Å². The minimum atomic E-state index is -0.340. The van der Waals surface area contributed by atoms with Crippen molar-refractivity contribution in [3.8, 4) is 0 Å². The highest BCUT2D eigenvalue weighted by atomic mass is 79.9. The van der Waals surface area contributed by atoms with Crippen LogP contribution in [0.25, 0.3) is 0 Å². The number of alkyl halides is 3. The molecule has 82 valence electrons. The first kappa shape index (κ1) is 14.6. The van der Waals surface area contributed by atoms with Gasteiger partial charge in [-0.1, -0.05) is 54.4 Å². The lowest BCUT2D eigenvalue weighted by Crippen LogP contribution is -2.22. The Morgan fingerprint density at radius 1 is 1.43 bits per heavy atom. The van der Waals surface area contributed by atoms with E-state index in [2.05, 4.69) is 54.4 Å². The Morgan fingerprint density at radius 2 is 2.00 bits per heavy atom. The Kier molecular flexibility index (Phi) is 8.25. The average Bonchev–Trinajstić information content (AvgIpc) is 2.13. The van der Waals surface area contributed by atoms with Gasteiger partial charge in [-0.3, -0.25) is 0 Å². The molecule has 0 saturated carbocycles. The van der Waals surface area contributed by atoms with E-state index in [1.54, 1.807) is 6.92 Å². The van der Waals surface area contributed by atoms with Crippen molar-refractivity contribution in [3.05, 3.63) is 12.2 Å². The molecule has 0 rings (SSSR count). The van der Waals surface area contributed by atoms with Gasteiger partial charge in [-0.05, 0) is 13.3 Å². The van der Waals surface area contributed by atoms with E-state index in [-0.39, 0.29) is 10.8 Å². The zero-order valence-corrected chi connectivity index (χ0v) is 12.7. The largest absolute Gasteiger partial charge is 0.461 e. The van der Waals surface area contributed by atoms with Gasteiger partial charge >= 0.3 is 5.97 Å². The third-order valence-corrected chi connectivity index (χ3v) is 4.67. The Labute approximate surface area is 110 Å². The standard InChI is InChI=1S/C9H13Br3O2/c1-6(2)9(13)14-5-8(12)7(11)3-4-10/h7-8H,1,3-5H2,2H3. The van der Waals surface area contributed by atoms with Crippen molar-refractivity contribution in [3.63, 3.8) is 0 Å². The molecule has 0 aromatic rings. The highest BCUT2D eigenvalue weighted by molar-refractivity contribution is 9.12. The van der Waals surface area contributed by atoms with Crippen LogP contribution in [0.5, 0.6) is 0 Å². The Balaban J connectivity index is 3.78. The summed E-state index contributed by atoms with van der Waals surface area (Å²) >= 11 is 10.3. The van der Waals surface area contributed by atoms with Gasteiger partial charge in [-0.15, -0.1) is 0 Å². The predicted molar refractivity (Wildman–Crippen MR) is 69.6 cm³/mol. The van der Waals surface area contributed by atoms with Crippen molar-refractivity contribution in [2.75, 3.05) is 11.9 Å². The minimum Gasteiger partial charge on any atom is -0.461 e. The summed E-state index contributed by atoms with van der Waals surface area (Å²) in [5.74, 6) is -0.340. The van der Waals surface area contributed by atoms with Crippen LogP contribution in [0.3, 0.4) is 0 Å². The van der Waals surface area contributed by atoms with Crippen LogP contribution in [0.1, 0.15) is 13.3 Å². The number of carbonyl (C=O) groups is 1. The van der Waals surface area contributed by atoms with Crippen molar-refractivity contribution in [1.82, 2.24) is 0 Å². The number of ether oxygens (including phenoxy) is 1. The second-order valence-electron chi connectivity index (χ2n) is 2.89. The quantitative estimate of drug-likeness (QED) is 0.393. The third-order valence-electron chi connectivity index (χ3n) is 1.50. The number of rotatable bonds is 6. The zero-order valence-electron chi connectivity index (χ0n) is 7.93. The molecule has 0 radical (unpaired) electrons. The first-order valence-corrected chi connectivity index (χ1v) is 7.11. The van der Waals surface area contributed by atoms with E-state index < -0.39 is 0 Å². The Bertz CT molecular complexity index is 206. The lowest BCUT2D eigenvalue weighted by atomic mass is 10.2. The van der Waals surface area contributed by atoms with Crippen LogP contribution in [0, 0.1) is 0 Å². The van der Waals surface area contributed by atoms with Crippen LogP contribution in [0.4, 0.5) is 0 Å². The molecule has 14 heavy (non-hydrogen) atoms. The molecule has 2 unspecified atom stereocenters. The Morgan fingerprint density at radius 3 is 2.43 bits per heavy atom. The van der Waals surface area contributed by atoms with Crippen molar-refractivity contribution in [2.45, 2.75) is 23.0 Å². The van der Waals surface area contributed by atoms with E-state index in [0.717, 1.165) is 11.8 Å². The average molecular weight is 393 g/mol. The maximum Gasteiger partial charge on any atom is 0.333 e. The molecule has 0 saturated heterocycles. The smallest absolute Gasteiger partial charge is 0.333 e. The molecule has 0 aliphatic carbocycles. The summed E-state index contributed by atoms with van der Waals surface area (Å²) in [5.41, 5.74) is 0.427. The highest BCUT2D eigenvalue weighted by Crippen LogP contribution is 2.19. The van der Waals surface area contributed by atoms with Gasteiger partial charge in [0.25, 0.3) is 0 Å². The second kappa shape index (κ2) is 7.88. The lowest BCUT2D eigenvalue weighted by Gasteiger charge is -2.15. The summed E-state index contributed by atoms with van der Waals surface area (Å²) in [4.78, 5) is 11.5. The van der Waals surface area contributed by atoms with Gasteiger partial charge in [0.2, 0.25) is 0 Å². The third kappa shape index (κ3) is 6.19. The fraction of sp³-hybridized carbons (Fsp3) is 0.667. The molecule has 0 aromatic carbocycles. The molecule has 5 heteroatoms. The van der Waals surface area contributed by atoms with E-state index in [4.69, 9.17) is 4.74 Å². The highest BCUT2D eigenvalue weighted by Gasteiger charge is 2.17. The Hall–Kier alpha value is 0.650. The molecule has 0 fully saturated rings. The van der Waals surface area contributed by atoms with E-state index in [9.17, 15) is 4.79 Å². The van der Waals surface area contributed by atoms with E-state index in [1.165, 1.54) is 0 Å². The normalized spacial score (nSPS) is 14.6. The number of halogens is 3. The van der Waals surface area contributed by atoms with E-state index >= 15 is 0 Å².